The third kappa shape index (κ3) is 2.49. The van der Waals surface area contributed by atoms with Crippen LogP contribution in [0.15, 0.2) is 23.3 Å². The van der Waals surface area contributed by atoms with Gasteiger partial charge in [0.05, 0.1) is 12.7 Å². The average molecular weight is 166 g/mol. The molecule has 0 N–H and O–H groups in total. The van der Waals surface area contributed by atoms with E-state index in [-0.39, 0.29) is 6.10 Å². The lowest BCUT2D eigenvalue weighted by atomic mass is 10.0. The van der Waals surface area contributed by atoms with Gasteiger partial charge in [-0.15, -0.1) is 0 Å². The molecule has 1 heterocycles. The predicted octanol–water partition coefficient (Wildman–Crippen LogP) is 3.08. The molecule has 1 nitrogen and oxygen atoms in total. The van der Waals surface area contributed by atoms with Crippen molar-refractivity contribution in [1.82, 2.24) is 0 Å². The summed E-state index contributed by atoms with van der Waals surface area (Å²) in [5.41, 5.74) is 2.80. The second kappa shape index (κ2) is 4.46. The summed E-state index contributed by atoms with van der Waals surface area (Å²) in [6.07, 6.45) is 6.90. The predicted molar refractivity (Wildman–Crippen MR) is 52.2 cm³/mol. The Morgan fingerprint density at radius 3 is 3.08 bits per heavy atom. The monoisotopic (exact) mass is 166 g/mol. The fourth-order valence-electron chi connectivity index (χ4n) is 1.44. The summed E-state index contributed by atoms with van der Waals surface area (Å²) < 4.78 is 5.62. The van der Waals surface area contributed by atoms with Gasteiger partial charge >= 0.3 is 0 Å². The van der Waals surface area contributed by atoms with Crippen LogP contribution in [0.2, 0.25) is 0 Å². The van der Waals surface area contributed by atoms with E-state index in [9.17, 15) is 0 Å². The smallest absolute Gasteiger partial charge is 0.0966 e. The van der Waals surface area contributed by atoms with Crippen LogP contribution in [0.5, 0.6) is 0 Å². The van der Waals surface area contributed by atoms with Gasteiger partial charge in [0.25, 0.3) is 0 Å². The van der Waals surface area contributed by atoms with E-state index in [1.165, 1.54) is 11.1 Å². The summed E-state index contributed by atoms with van der Waals surface area (Å²) in [7, 11) is 0. The second-order valence-electron chi connectivity index (χ2n) is 3.41. The molecule has 0 bridgehead atoms. The minimum atomic E-state index is 0.249. The van der Waals surface area contributed by atoms with Crippen molar-refractivity contribution in [2.24, 2.45) is 0 Å². The molecule has 0 fully saturated rings. The van der Waals surface area contributed by atoms with E-state index in [4.69, 9.17) is 4.74 Å². The Hall–Kier alpha value is -0.560. The van der Waals surface area contributed by atoms with Crippen LogP contribution in [0.4, 0.5) is 0 Å². The first-order chi connectivity index (χ1) is 5.74. The minimum Gasteiger partial charge on any atom is -0.369 e. The van der Waals surface area contributed by atoms with Crippen molar-refractivity contribution >= 4 is 0 Å². The number of hydrogen-bond acceptors (Lipinski definition) is 1. The molecule has 0 aromatic rings. The van der Waals surface area contributed by atoms with Crippen LogP contribution in [-0.2, 0) is 4.74 Å². The molecule has 1 rings (SSSR count). The van der Waals surface area contributed by atoms with Crippen LogP contribution in [-0.4, -0.2) is 12.7 Å². The SMILES string of the molecule is CC/C=C(\C)C1C=C(C)CCO1. The molecule has 0 saturated heterocycles. The fourth-order valence-corrected chi connectivity index (χ4v) is 1.44. The quantitative estimate of drug-likeness (QED) is 0.573. The van der Waals surface area contributed by atoms with Crippen molar-refractivity contribution in [3.63, 3.8) is 0 Å². The molecule has 0 saturated carbocycles. The summed E-state index contributed by atoms with van der Waals surface area (Å²) >= 11 is 0. The maximum absolute atomic E-state index is 5.62. The average Bonchev–Trinajstić information content (AvgIpc) is 2.05. The van der Waals surface area contributed by atoms with Crippen molar-refractivity contribution in [1.29, 1.82) is 0 Å². The molecule has 0 amide bonds. The van der Waals surface area contributed by atoms with Crippen molar-refractivity contribution in [2.45, 2.75) is 39.7 Å². The Balaban J connectivity index is 2.63. The summed E-state index contributed by atoms with van der Waals surface area (Å²) in [5.74, 6) is 0. The third-order valence-electron chi connectivity index (χ3n) is 2.20. The van der Waals surface area contributed by atoms with Crippen LogP contribution < -0.4 is 0 Å². The first-order valence-corrected chi connectivity index (χ1v) is 4.69. The number of allylic oxidation sites excluding steroid dienone is 1. The van der Waals surface area contributed by atoms with Gasteiger partial charge in [-0.05, 0) is 32.3 Å². The van der Waals surface area contributed by atoms with Gasteiger partial charge in [-0.25, -0.2) is 0 Å². The van der Waals surface area contributed by atoms with E-state index >= 15 is 0 Å². The molecule has 68 valence electrons. The van der Waals surface area contributed by atoms with Crippen molar-refractivity contribution in [3.05, 3.63) is 23.3 Å². The van der Waals surface area contributed by atoms with E-state index in [0.29, 0.717) is 0 Å². The number of hydrogen-bond donors (Lipinski definition) is 0. The van der Waals surface area contributed by atoms with Gasteiger partial charge in [-0.3, -0.25) is 0 Å². The molecule has 1 aliphatic heterocycles. The Bertz CT molecular complexity index is 201. The zero-order chi connectivity index (χ0) is 8.97. The van der Waals surface area contributed by atoms with Crippen LogP contribution in [0.1, 0.15) is 33.6 Å². The van der Waals surface area contributed by atoms with Crippen molar-refractivity contribution < 1.29 is 4.74 Å². The minimum absolute atomic E-state index is 0.249. The van der Waals surface area contributed by atoms with Gasteiger partial charge < -0.3 is 4.74 Å². The Kier molecular flexibility index (Phi) is 3.54. The highest BCUT2D eigenvalue weighted by Crippen LogP contribution is 2.18. The molecular weight excluding hydrogens is 148 g/mol. The van der Waals surface area contributed by atoms with Crippen molar-refractivity contribution in [3.8, 4) is 0 Å². The zero-order valence-corrected chi connectivity index (χ0v) is 8.26. The summed E-state index contributed by atoms with van der Waals surface area (Å²) in [5, 5.41) is 0. The van der Waals surface area contributed by atoms with E-state index < -0.39 is 0 Å². The molecule has 0 aromatic carbocycles. The molecule has 0 aromatic heterocycles. The highest BCUT2D eigenvalue weighted by molar-refractivity contribution is 5.18. The lowest BCUT2D eigenvalue weighted by Crippen LogP contribution is -2.17. The maximum Gasteiger partial charge on any atom is 0.0966 e. The first kappa shape index (κ1) is 9.53. The highest BCUT2D eigenvalue weighted by atomic mass is 16.5. The lowest BCUT2D eigenvalue weighted by Gasteiger charge is -2.21. The van der Waals surface area contributed by atoms with E-state index in [1.807, 2.05) is 0 Å². The molecule has 0 spiro atoms. The Labute approximate surface area is 75.1 Å². The Morgan fingerprint density at radius 1 is 1.75 bits per heavy atom. The topological polar surface area (TPSA) is 9.23 Å². The summed E-state index contributed by atoms with van der Waals surface area (Å²) in [6.45, 7) is 7.35. The van der Waals surface area contributed by atoms with Gasteiger partial charge in [0, 0.05) is 0 Å². The summed E-state index contributed by atoms with van der Waals surface area (Å²) in [6, 6.07) is 0. The highest BCUT2D eigenvalue weighted by Gasteiger charge is 2.12. The molecule has 1 aliphatic rings. The number of rotatable bonds is 2. The van der Waals surface area contributed by atoms with E-state index in [1.54, 1.807) is 0 Å². The summed E-state index contributed by atoms with van der Waals surface area (Å²) in [4.78, 5) is 0. The molecule has 0 aliphatic carbocycles. The molecule has 1 unspecified atom stereocenters. The maximum atomic E-state index is 5.62. The third-order valence-corrected chi connectivity index (χ3v) is 2.20. The van der Waals surface area contributed by atoms with E-state index in [2.05, 4.69) is 32.9 Å². The van der Waals surface area contributed by atoms with Gasteiger partial charge in [0.15, 0.2) is 0 Å². The van der Waals surface area contributed by atoms with E-state index in [0.717, 1.165) is 19.4 Å². The molecule has 0 radical (unpaired) electrons. The molecule has 1 heteroatoms. The molecule has 12 heavy (non-hydrogen) atoms. The fraction of sp³-hybridized carbons (Fsp3) is 0.636. The molecule has 1 atom stereocenters. The van der Waals surface area contributed by atoms with Crippen molar-refractivity contribution in [2.75, 3.05) is 6.61 Å². The largest absolute Gasteiger partial charge is 0.369 e. The van der Waals surface area contributed by atoms with Gasteiger partial charge in [0.1, 0.15) is 0 Å². The van der Waals surface area contributed by atoms with Crippen LogP contribution in [0.3, 0.4) is 0 Å². The number of ether oxygens (including phenoxy) is 1. The van der Waals surface area contributed by atoms with Gasteiger partial charge in [-0.1, -0.05) is 24.6 Å². The van der Waals surface area contributed by atoms with Crippen LogP contribution in [0.25, 0.3) is 0 Å². The zero-order valence-electron chi connectivity index (χ0n) is 8.26. The van der Waals surface area contributed by atoms with Crippen LogP contribution >= 0.6 is 0 Å². The lowest BCUT2D eigenvalue weighted by molar-refractivity contribution is 0.0994. The Morgan fingerprint density at radius 2 is 2.50 bits per heavy atom. The van der Waals surface area contributed by atoms with Gasteiger partial charge in [-0.2, -0.15) is 0 Å². The van der Waals surface area contributed by atoms with Gasteiger partial charge in [0.2, 0.25) is 0 Å². The standard InChI is InChI=1S/C11H18O/c1-4-5-10(3)11-8-9(2)6-7-12-11/h5,8,11H,4,6-7H2,1-3H3/b10-5+. The second-order valence-corrected chi connectivity index (χ2v) is 3.41. The van der Waals surface area contributed by atoms with Crippen LogP contribution in [0, 0.1) is 0 Å². The first-order valence-electron chi connectivity index (χ1n) is 4.69. The molecular formula is C11H18O. The normalized spacial score (nSPS) is 25.4.